The van der Waals surface area contributed by atoms with Crippen molar-refractivity contribution in [3.63, 3.8) is 0 Å². The molecule has 2 atom stereocenters. The molecule has 9 heteroatoms. The normalized spacial score (nSPS) is 24.5. The van der Waals surface area contributed by atoms with Gasteiger partial charge >= 0.3 is 5.69 Å². The molecule has 2 rings (SSSR count). The van der Waals surface area contributed by atoms with Crippen LogP contribution in [0, 0.1) is 10.1 Å². The van der Waals surface area contributed by atoms with Crippen LogP contribution in [0.3, 0.4) is 0 Å². The van der Waals surface area contributed by atoms with Crippen LogP contribution in [-0.4, -0.2) is 42.2 Å². The van der Waals surface area contributed by atoms with Crippen LogP contribution in [0.4, 0.5) is 5.69 Å². The lowest BCUT2D eigenvalue weighted by atomic mass is 10.2. The minimum absolute atomic E-state index is 0.0842. The Hall–Kier alpha value is -1.71. The summed E-state index contributed by atoms with van der Waals surface area (Å²) in [5, 5.41) is 20.6. The van der Waals surface area contributed by atoms with E-state index in [0.29, 0.717) is 5.56 Å². The molecular weight excluding hydrogens is 288 g/mol. The van der Waals surface area contributed by atoms with Gasteiger partial charge < -0.3 is 15.6 Å². The molecule has 2 unspecified atom stereocenters. The fourth-order valence-electron chi connectivity index (χ4n) is 2.00. The van der Waals surface area contributed by atoms with Gasteiger partial charge in [-0.15, -0.1) is 0 Å². The Balaban J connectivity index is 2.30. The molecule has 1 saturated heterocycles. The van der Waals surface area contributed by atoms with Crippen LogP contribution < -0.4 is 10.5 Å². The third kappa shape index (κ3) is 3.06. The fraction of sp³-hybridized carbons (Fsp3) is 0.455. The Kier molecular flexibility index (Phi) is 3.93. The average Bonchev–Trinajstić information content (AvgIpc) is 2.61. The molecule has 0 saturated carbocycles. The quantitative estimate of drug-likeness (QED) is 0.570. The second-order valence-corrected chi connectivity index (χ2v) is 6.72. The van der Waals surface area contributed by atoms with Crippen molar-refractivity contribution in [2.45, 2.75) is 18.8 Å². The van der Waals surface area contributed by atoms with E-state index in [2.05, 4.69) is 0 Å². The number of nitro benzene ring substituents is 1. The molecule has 1 aromatic rings. The number of benzene rings is 1. The first-order valence-electron chi connectivity index (χ1n) is 5.85. The molecule has 0 aromatic heterocycles. The highest BCUT2D eigenvalue weighted by atomic mass is 32.2. The van der Waals surface area contributed by atoms with Crippen molar-refractivity contribution in [3.05, 3.63) is 33.9 Å². The zero-order valence-electron chi connectivity index (χ0n) is 10.4. The predicted octanol–water partition coefficient (Wildman–Crippen LogP) is -0.410. The first kappa shape index (κ1) is 14.7. The number of aliphatic hydroxyl groups is 1. The molecule has 0 bridgehead atoms. The van der Waals surface area contributed by atoms with Gasteiger partial charge in [-0.2, -0.15) is 0 Å². The van der Waals surface area contributed by atoms with Crippen molar-refractivity contribution < 1.29 is 23.2 Å². The molecule has 1 aromatic carbocycles. The highest BCUT2D eigenvalue weighted by molar-refractivity contribution is 7.91. The van der Waals surface area contributed by atoms with Gasteiger partial charge in [0.1, 0.15) is 12.2 Å². The van der Waals surface area contributed by atoms with Crippen LogP contribution in [0.25, 0.3) is 0 Å². The minimum atomic E-state index is -3.38. The average molecular weight is 302 g/mol. The number of sulfone groups is 1. The topological polar surface area (TPSA) is 133 Å². The van der Waals surface area contributed by atoms with Gasteiger partial charge in [-0.25, -0.2) is 8.42 Å². The SMILES string of the molecule is NCc1ccc([N+](=O)[O-])c(OC2CS(=O)(=O)CC2O)c1. The Bertz CT molecular complexity index is 630. The number of hydrogen-bond donors (Lipinski definition) is 2. The maximum Gasteiger partial charge on any atom is 0.310 e. The van der Waals surface area contributed by atoms with Crippen molar-refractivity contribution in [2.75, 3.05) is 11.5 Å². The van der Waals surface area contributed by atoms with E-state index in [9.17, 15) is 23.6 Å². The molecule has 3 N–H and O–H groups in total. The van der Waals surface area contributed by atoms with Gasteiger partial charge in [0.25, 0.3) is 0 Å². The monoisotopic (exact) mass is 302 g/mol. The van der Waals surface area contributed by atoms with Crippen molar-refractivity contribution in [3.8, 4) is 5.75 Å². The number of aliphatic hydroxyl groups excluding tert-OH is 1. The first-order chi connectivity index (χ1) is 9.32. The van der Waals surface area contributed by atoms with Gasteiger partial charge in [0, 0.05) is 12.6 Å². The zero-order chi connectivity index (χ0) is 14.9. The van der Waals surface area contributed by atoms with E-state index in [1.165, 1.54) is 18.2 Å². The van der Waals surface area contributed by atoms with E-state index < -0.39 is 32.7 Å². The van der Waals surface area contributed by atoms with Crippen molar-refractivity contribution in [1.82, 2.24) is 0 Å². The van der Waals surface area contributed by atoms with E-state index in [0.717, 1.165) is 0 Å². The fourth-order valence-corrected chi connectivity index (χ4v) is 3.67. The van der Waals surface area contributed by atoms with Gasteiger partial charge in [0.15, 0.2) is 15.6 Å². The number of hydrogen-bond acceptors (Lipinski definition) is 7. The summed E-state index contributed by atoms with van der Waals surface area (Å²) in [6.07, 6.45) is -2.20. The summed E-state index contributed by atoms with van der Waals surface area (Å²) in [5.41, 5.74) is 5.77. The number of nitrogens with two attached hydrogens (primary N) is 1. The maximum absolute atomic E-state index is 11.4. The third-order valence-electron chi connectivity index (χ3n) is 3.01. The number of nitro groups is 1. The number of rotatable bonds is 4. The predicted molar refractivity (Wildman–Crippen MR) is 70.1 cm³/mol. The van der Waals surface area contributed by atoms with Gasteiger partial charge in [-0.1, -0.05) is 6.07 Å². The van der Waals surface area contributed by atoms with Crippen LogP contribution in [0.1, 0.15) is 5.56 Å². The second-order valence-electron chi connectivity index (χ2n) is 4.56. The molecular formula is C11H14N2O6S. The summed E-state index contributed by atoms with van der Waals surface area (Å²) in [5.74, 6) is -0.848. The lowest BCUT2D eigenvalue weighted by Crippen LogP contribution is -2.30. The molecule has 0 radical (unpaired) electrons. The molecule has 0 spiro atoms. The van der Waals surface area contributed by atoms with Gasteiger partial charge in [0.2, 0.25) is 0 Å². The minimum Gasteiger partial charge on any atom is -0.480 e. The zero-order valence-corrected chi connectivity index (χ0v) is 11.2. The molecule has 20 heavy (non-hydrogen) atoms. The Labute approximate surface area is 115 Å². The summed E-state index contributed by atoms with van der Waals surface area (Å²) in [6, 6.07) is 4.12. The van der Waals surface area contributed by atoms with E-state index in [4.69, 9.17) is 10.5 Å². The summed E-state index contributed by atoms with van der Waals surface area (Å²) in [6.45, 7) is 0.167. The van der Waals surface area contributed by atoms with Crippen LogP contribution in [0.2, 0.25) is 0 Å². The summed E-state index contributed by atoms with van der Waals surface area (Å²) in [4.78, 5) is 10.3. The highest BCUT2D eigenvalue weighted by Gasteiger charge is 2.39. The molecule has 1 aliphatic rings. The molecule has 8 nitrogen and oxygen atoms in total. The Morgan fingerprint density at radius 2 is 2.15 bits per heavy atom. The molecule has 1 aliphatic heterocycles. The largest absolute Gasteiger partial charge is 0.480 e. The Morgan fingerprint density at radius 3 is 2.65 bits per heavy atom. The third-order valence-corrected chi connectivity index (χ3v) is 4.69. The maximum atomic E-state index is 11.4. The van der Waals surface area contributed by atoms with E-state index in [1.54, 1.807) is 0 Å². The molecule has 1 fully saturated rings. The standard InChI is InChI=1S/C11H14N2O6S/c12-4-7-1-2-8(13(15)16)10(3-7)19-11-6-20(17,18)5-9(11)14/h1-3,9,11,14H,4-6,12H2. The number of nitrogens with zero attached hydrogens (tertiary/aromatic N) is 1. The summed E-state index contributed by atoms with van der Waals surface area (Å²) >= 11 is 0. The lowest BCUT2D eigenvalue weighted by Gasteiger charge is -2.16. The Morgan fingerprint density at radius 1 is 1.45 bits per heavy atom. The van der Waals surface area contributed by atoms with Crippen molar-refractivity contribution >= 4 is 15.5 Å². The number of ether oxygens (including phenoxy) is 1. The van der Waals surface area contributed by atoms with E-state index in [-0.39, 0.29) is 23.7 Å². The molecule has 0 aliphatic carbocycles. The lowest BCUT2D eigenvalue weighted by molar-refractivity contribution is -0.386. The van der Waals surface area contributed by atoms with Crippen LogP contribution in [-0.2, 0) is 16.4 Å². The smallest absolute Gasteiger partial charge is 0.310 e. The van der Waals surface area contributed by atoms with Gasteiger partial charge in [0.05, 0.1) is 16.4 Å². The van der Waals surface area contributed by atoms with Gasteiger partial charge in [-0.3, -0.25) is 10.1 Å². The molecule has 110 valence electrons. The highest BCUT2D eigenvalue weighted by Crippen LogP contribution is 2.30. The van der Waals surface area contributed by atoms with Gasteiger partial charge in [-0.05, 0) is 11.6 Å². The summed E-state index contributed by atoms with van der Waals surface area (Å²) in [7, 11) is -3.38. The first-order valence-corrected chi connectivity index (χ1v) is 7.67. The van der Waals surface area contributed by atoms with Crippen LogP contribution in [0.15, 0.2) is 18.2 Å². The summed E-state index contributed by atoms with van der Waals surface area (Å²) < 4.78 is 28.1. The van der Waals surface area contributed by atoms with Crippen molar-refractivity contribution in [2.24, 2.45) is 5.73 Å². The molecule has 0 amide bonds. The van der Waals surface area contributed by atoms with E-state index in [1.807, 2.05) is 0 Å². The van der Waals surface area contributed by atoms with E-state index >= 15 is 0 Å². The van der Waals surface area contributed by atoms with Crippen LogP contribution in [0.5, 0.6) is 5.75 Å². The molecule has 1 heterocycles. The van der Waals surface area contributed by atoms with Crippen LogP contribution >= 0.6 is 0 Å². The second kappa shape index (κ2) is 5.35. The van der Waals surface area contributed by atoms with Crippen molar-refractivity contribution in [1.29, 1.82) is 0 Å².